The van der Waals surface area contributed by atoms with Gasteiger partial charge in [-0.2, -0.15) is 0 Å². The second-order valence-electron chi connectivity index (χ2n) is 6.39. The van der Waals surface area contributed by atoms with Crippen molar-refractivity contribution in [2.24, 2.45) is 0 Å². The zero-order valence-electron chi connectivity index (χ0n) is 11.9. The van der Waals surface area contributed by atoms with Crippen molar-refractivity contribution >= 4 is 5.57 Å². The maximum Gasteiger partial charge on any atom is 0.0840 e. The normalized spacial score (nSPS) is 12.6. The van der Waals surface area contributed by atoms with Crippen LogP contribution in [-0.4, -0.2) is 5.11 Å². The summed E-state index contributed by atoms with van der Waals surface area (Å²) >= 11 is 0. The highest BCUT2D eigenvalue weighted by Crippen LogP contribution is 2.30. The summed E-state index contributed by atoms with van der Waals surface area (Å²) in [7, 11) is 0. The van der Waals surface area contributed by atoms with E-state index in [0.717, 1.165) is 16.7 Å². The van der Waals surface area contributed by atoms with Gasteiger partial charge < -0.3 is 5.11 Å². The van der Waals surface area contributed by atoms with Crippen molar-refractivity contribution in [3.05, 3.63) is 41.5 Å². The van der Waals surface area contributed by atoms with Crippen molar-refractivity contribution in [3.63, 3.8) is 0 Å². The Kier molecular flexibility index (Phi) is 3.54. The molecule has 17 heavy (non-hydrogen) atoms. The highest BCUT2D eigenvalue weighted by atomic mass is 16.3. The number of allylic oxidation sites excluding steroid dienone is 1. The number of rotatable bonds is 2. The van der Waals surface area contributed by atoms with Crippen molar-refractivity contribution in [1.82, 2.24) is 0 Å². The van der Waals surface area contributed by atoms with E-state index in [1.54, 1.807) is 0 Å². The molecule has 1 aromatic rings. The average Bonchev–Trinajstić information content (AvgIpc) is 2.14. The van der Waals surface area contributed by atoms with Crippen LogP contribution in [0.25, 0.3) is 5.57 Å². The molecule has 0 unspecified atom stereocenters. The van der Waals surface area contributed by atoms with E-state index in [2.05, 4.69) is 39.5 Å². The molecule has 1 nitrogen and oxygen atoms in total. The Labute approximate surface area is 105 Å². The molecule has 0 saturated carbocycles. The molecule has 0 heterocycles. The first-order valence-corrected chi connectivity index (χ1v) is 6.06. The van der Waals surface area contributed by atoms with E-state index in [4.69, 9.17) is 0 Å². The highest BCUT2D eigenvalue weighted by Gasteiger charge is 2.21. The molecule has 1 heteroatoms. The van der Waals surface area contributed by atoms with E-state index in [9.17, 15) is 5.11 Å². The van der Waals surface area contributed by atoms with Crippen LogP contribution in [0.4, 0.5) is 0 Å². The predicted octanol–water partition coefficient (Wildman–Crippen LogP) is 4.24. The maximum atomic E-state index is 10.2. The van der Waals surface area contributed by atoms with Gasteiger partial charge in [0.25, 0.3) is 0 Å². The average molecular weight is 232 g/mol. The Bertz CT molecular complexity index is 396. The second kappa shape index (κ2) is 4.30. The lowest BCUT2D eigenvalue weighted by molar-refractivity contribution is 0.0784. The Morgan fingerprint density at radius 1 is 1.00 bits per heavy atom. The molecule has 1 N–H and O–H groups in total. The molecular weight excluding hydrogens is 208 g/mol. The van der Waals surface area contributed by atoms with Gasteiger partial charge in [0, 0.05) is 0 Å². The van der Waals surface area contributed by atoms with Crippen molar-refractivity contribution in [1.29, 1.82) is 0 Å². The van der Waals surface area contributed by atoms with Crippen molar-refractivity contribution in [3.8, 4) is 0 Å². The van der Waals surface area contributed by atoms with Crippen molar-refractivity contribution in [2.45, 2.75) is 52.6 Å². The Morgan fingerprint density at radius 3 is 1.82 bits per heavy atom. The third kappa shape index (κ3) is 3.44. The Hall–Kier alpha value is -1.08. The van der Waals surface area contributed by atoms with Crippen molar-refractivity contribution < 1.29 is 5.11 Å². The van der Waals surface area contributed by atoms with Gasteiger partial charge >= 0.3 is 0 Å². The first kappa shape index (κ1) is 14.0. The number of hydrogen-bond acceptors (Lipinski definition) is 1. The maximum absolute atomic E-state index is 10.2. The standard InChI is InChI=1S/C16H24O/c1-11(2)12-8-13(15(3,4)5)10-14(9-12)16(6,7)17/h8-10,17H,1H2,2-7H3. The zero-order chi connectivity index (χ0) is 13.4. The van der Waals surface area contributed by atoms with Gasteiger partial charge in [-0.25, -0.2) is 0 Å². The van der Waals surface area contributed by atoms with Crippen LogP contribution in [0, 0.1) is 0 Å². The third-order valence-electron chi connectivity index (χ3n) is 3.00. The minimum absolute atomic E-state index is 0.0749. The molecule has 1 rings (SSSR count). The summed E-state index contributed by atoms with van der Waals surface area (Å²) in [6, 6.07) is 6.28. The molecule has 0 aliphatic rings. The number of hydrogen-bond donors (Lipinski definition) is 1. The molecule has 0 aliphatic carbocycles. The second-order valence-corrected chi connectivity index (χ2v) is 6.39. The third-order valence-corrected chi connectivity index (χ3v) is 3.00. The largest absolute Gasteiger partial charge is 0.386 e. The SMILES string of the molecule is C=C(C)c1cc(C(C)(C)C)cc(C(C)(C)O)c1. The molecule has 0 aromatic heterocycles. The lowest BCUT2D eigenvalue weighted by atomic mass is 9.82. The first-order chi connectivity index (χ1) is 7.51. The quantitative estimate of drug-likeness (QED) is 0.808. The molecule has 0 aliphatic heterocycles. The summed E-state index contributed by atoms with van der Waals surface area (Å²) in [5, 5.41) is 10.2. The molecule has 0 spiro atoms. The smallest absolute Gasteiger partial charge is 0.0840 e. The van der Waals surface area contributed by atoms with E-state index in [1.807, 2.05) is 26.8 Å². The summed E-state index contributed by atoms with van der Waals surface area (Å²) < 4.78 is 0. The van der Waals surface area contributed by atoms with E-state index in [1.165, 1.54) is 5.56 Å². The van der Waals surface area contributed by atoms with Crippen LogP contribution < -0.4 is 0 Å². The van der Waals surface area contributed by atoms with E-state index in [0.29, 0.717) is 0 Å². The summed E-state index contributed by atoms with van der Waals surface area (Å²) in [5.41, 5.74) is 3.57. The van der Waals surface area contributed by atoms with E-state index >= 15 is 0 Å². The van der Waals surface area contributed by atoms with Crippen LogP contribution in [0.2, 0.25) is 0 Å². The molecule has 0 radical (unpaired) electrons. The fraction of sp³-hybridized carbons (Fsp3) is 0.500. The molecule has 0 bridgehead atoms. The fourth-order valence-electron chi connectivity index (χ4n) is 1.66. The van der Waals surface area contributed by atoms with Crippen LogP contribution in [-0.2, 0) is 11.0 Å². The lowest BCUT2D eigenvalue weighted by Gasteiger charge is -2.25. The summed E-state index contributed by atoms with van der Waals surface area (Å²) in [6.45, 7) is 16.2. The van der Waals surface area contributed by atoms with Gasteiger partial charge in [0.2, 0.25) is 0 Å². The van der Waals surface area contributed by atoms with Crippen LogP contribution in [0.3, 0.4) is 0 Å². The molecule has 94 valence electrons. The minimum atomic E-state index is -0.814. The molecule has 0 fully saturated rings. The lowest BCUT2D eigenvalue weighted by Crippen LogP contribution is -2.19. The van der Waals surface area contributed by atoms with Gasteiger partial charge in [-0.3, -0.25) is 0 Å². The predicted molar refractivity (Wildman–Crippen MR) is 75.1 cm³/mol. The molecule has 0 saturated heterocycles. The molecule has 1 aromatic carbocycles. The summed E-state index contributed by atoms with van der Waals surface area (Å²) in [6.07, 6.45) is 0. The van der Waals surface area contributed by atoms with Gasteiger partial charge in [-0.1, -0.05) is 45.1 Å². The van der Waals surface area contributed by atoms with Gasteiger partial charge in [-0.05, 0) is 48.9 Å². The molecule has 0 amide bonds. The van der Waals surface area contributed by atoms with Crippen LogP contribution in [0.5, 0.6) is 0 Å². The van der Waals surface area contributed by atoms with Gasteiger partial charge in [0.15, 0.2) is 0 Å². The fourth-order valence-corrected chi connectivity index (χ4v) is 1.66. The van der Waals surface area contributed by atoms with Crippen LogP contribution >= 0.6 is 0 Å². The minimum Gasteiger partial charge on any atom is -0.386 e. The highest BCUT2D eigenvalue weighted by molar-refractivity contribution is 5.63. The topological polar surface area (TPSA) is 20.2 Å². The molecular formula is C16H24O. The van der Waals surface area contributed by atoms with E-state index < -0.39 is 5.60 Å². The number of benzene rings is 1. The van der Waals surface area contributed by atoms with Gasteiger partial charge in [-0.15, -0.1) is 0 Å². The summed E-state index contributed by atoms with van der Waals surface area (Å²) in [4.78, 5) is 0. The Balaban J connectivity index is 3.45. The van der Waals surface area contributed by atoms with Crippen LogP contribution in [0.1, 0.15) is 58.2 Å². The zero-order valence-corrected chi connectivity index (χ0v) is 11.9. The first-order valence-electron chi connectivity index (χ1n) is 6.06. The Morgan fingerprint density at radius 2 is 1.47 bits per heavy atom. The van der Waals surface area contributed by atoms with Crippen LogP contribution in [0.15, 0.2) is 24.8 Å². The number of aliphatic hydroxyl groups is 1. The monoisotopic (exact) mass is 232 g/mol. The van der Waals surface area contributed by atoms with Crippen molar-refractivity contribution in [2.75, 3.05) is 0 Å². The summed E-state index contributed by atoms with van der Waals surface area (Å²) in [5.74, 6) is 0. The molecule has 0 atom stereocenters. The van der Waals surface area contributed by atoms with Gasteiger partial charge in [0.1, 0.15) is 0 Å². The van der Waals surface area contributed by atoms with Gasteiger partial charge in [0.05, 0.1) is 5.60 Å². The van der Waals surface area contributed by atoms with E-state index in [-0.39, 0.29) is 5.41 Å².